The Balaban J connectivity index is 1.53. The van der Waals surface area contributed by atoms with Gasteiger partial charge in [-0.15, -0.1) is 0 Å². The first kappa shape index (κ1) is 18.2. The van der Waals surface area contributed by atoms with Crippen LogP contribution in [-0.2, 0) is 16.0 Å². The fourth-order valence-corrected chi connectivity index (χ4v) is 3.37. The van der Waals surface area contributed by atoms with Crippen molar-refractivity contribution < 1.29 is 9.53 Å². The molecule has 7 heteroatoms. The van der Waals surface area contributed by atoms with Crippen molar-refractivity contribution >= 4 is 23.0 Å². The summed E-state index contributed by atoms with van der Waals surface area (Å²) < 4.78 is 5.17. The number of nitrogens with zero attached hydrogens (tertiary/aromatic N) is 3. The van der Waals surface area contributed by atoms with Gasteiger partial charge in [-0.3, -0.25) is 9.79 Å². The lowest BCUT2D eigenvalue weighted by molar-refractivity contribution is -0.149. The van der Waals surface area contributed by atoms with Crippen molar-refractivity contribution in [2.45, 2.75) is 26.2 Å². The minimum atomic E-state index is -0.102. The van der Waals surface area contributed by atoms with Crippen LogP contribution < -0.4 is 5.32 Å². The summed E-state index contributed by atoms with van der Waals surface area (Å²) in [6.07, 6.45) is 2.63. The molecule has 0 radical (unpaired) electrons. The van der Waals surface area contributed by atoms with Gasteiger partial charge in [0, 0.05) is 33.1 Å². The number of H-pyrrole nitrogens is 1. The molecule has 1 fully saturated rings. The van der Waals surface area contributed by atoms with Crippen molar-refractivity contribution in [2.75, 3.05) is 33.3 Å². The maximum Gasteiger partial charge on any atom is 0.310 e. The molecule has 0 spiro atoms. The van der Waals surface area contributed by atoms with E-state index in [-0.39, 0.29) is 11.9 Å². The number of guanidine groups is 1. The number of hydrogen-bond acceptors (Lipinski definition) is 4. The Labute approximate surface area is 153 Å². The van der Waals surface area contributed by atoms with Crippen LogP contribution in [0.4, 0.5) is 0 Å². The SMILES string of the molecule is CCOC(=O)C1CCCN(C(=NC)NCCc2nc3ccccc3[nH]2)C1. The van der Waals surface area contributed by atoms with Crippen LogP contribution in [-0.4, -0.2) is 60.1 Å². The van der Waals surface area contributed by atoms with Gasteiger partial charge in [0.1, 0.15) is 5.82 Å². The molecule has 1 saturated heterocycles. The normalized spacial score (nSPS) is 18.2. The third-order valence-electron chi connectivity index (χ3n) is 4.64. The Bertz CT molecular complexity index is 737. The number of ether oxygens (including phenoxy) is 1. The molecule has 140 valence electrons. The molecule has 1 aliphatic rings. The Hall–Kier alpha value is -2.57. The molecule has 1 unspecified atom stereocenters. The van der Waals surface area contributed by atoms with Gasteiger partial charge in [0.2, 0.25) is 0 Å². The molecule has 1 atom stereocenters. The van der Waals surface area contributed by atoms with Crippen LogP contribution in [0.15, 0.2) is 29.3 Å². The highest BCUT2D eigenvalue weighted by Crippen LogP contribution is 2.18. The number of esters is 1. The molecule has 1 aromatic heterocycles. The average molecular weight is 357 g/mol. The zero-order valence-electron chi connectivity index (χ0n) is 15.5. The van der Waals surface area contributed by atoms with E-state index in [9.17, 15) is 4.79 Å². The van der Waals surface area contributed by atoms with Crippen molar-refractivity contribution in [1.82, 2.24) is 20.2 Å². The van der Waals surface area contributed by atoms with Crippen LogP contribution in [0.5, 0.6) is 0 Å². The molecule has 1 aromatic carbocycles. The predicted octanol–water partition coefficient (Wildman–Crippen LogP) is 1.96. The minimum Gasteiger partial charge on any atom is -0.466 e. The number of hydrogen-bond donors (Lipinski definition) is 2. The largest absolute Gasteiger partial charge is 0.466 e. The van der Waals surface area contributed by atoms with Gasteiger partial charge in [-0.1, -0.05) is 12.1 Å². The summed E-state index contributed by atoms with van der Waals surface area (Å²) in [6.45, 7) is 4.56. The second-order valence-electron chi connectivity index (χ2n) is 6.46. The third-order valence-corrected chi connectivity index (χ3v) is 4.64. The average Bonchev–Trinajstić information content (AvgIpc) is 3.08. The summed E-state index contributed by atoms with van der Waals surface area (Å²) in [6, 6.07) is 8.02. The molecule has 0 saturated carbocycles. The number of fused-ring (bicyclic) bond motifs is 1. The fraction of sp³-hybridized carbons (Fsp3) is 0.526. The highest BCUT2D eigenvalue weighted by molar-refractivity contribution is 5.81. The molecule has 26 heavy (non-hydrogen) atoms. The van der Waals surface area contributed by atoms with Crippen LogP contribution in [0.25, 0.3) is 11.0 Å². The van der Waals surface area contributed by atoms with Gasteiger partial charge in [-0.2, -0.15) is 0 Å². The molecule has 3 rings (SSSR count). The van der Waals surface area contributed by atoms with Gasteiger partial charge in [0.05, 0.1) is 23.6 Å². The predicted molar refractivity (Wildman–Crippen MR) is 102 cm³/mol. The first-order chi connectivity index (χ1) is 12.7. The van der Waals surface area contributed by atoms with E-state index in [0.717, 1.165) is 55.2 Å². The van der Waals surface area contributed by atoms with Crippen LogP contribution in [0.1, 0.15) is 25.6 Å². The van der Waals surface area contributed by atoms with Crippen molar-refractivity contribution in [1.29, 1.82) is 0 Å². The summed E-state index contributed by atoms with van der Waals surface area (Å²) in [5.41, 5.74) is 2.04. The molecular formula is C19H27N5O2. The molecule has 1 aliphatic heterocycles. The zero-order valence-corrected chi connectivity index (χ0v) is 15.5. The van der Waals surface area contributed by atoms with Gasteiger partial charge in [0.25, 0.3) is 0 Å². The molecule has 2 N–H and O–H groups in total. The second-order valence-corrected chi connectivity index (χ2v) is 6.46. The number of carbonyl (C=O) groups is 1. The van der Waals surface area contributed by atoms with Crippen molar-refractivity contribution in [3.05, 3.63) is 30.1 Å². The van der Waals surface area contributed by atoms with Gasteiger partial charge < -0.3 is 19.9 Å². The first-order valence-electron chi connectivity index (χ1n) is 9.27. The molecule has 7 nitrogen and oxygen atoms in total. The third kappa shape index (κ3) is 4.33. The second kappa shape index (κ2) is 8.69. The van der Waals surface area contributed by atoms with E-state index in [1.807, 2.05) is 31.2 Å². The van der Waals surface area contributed by atoms with E-state index in [0.29, 0.717) is 13.2 Å². The van der Waals surface area contributed by atoms with Gasteiger partial charge in [0.15, 0.2) is 5.96 Å². The zero-order chi connectivity index (χ0) is 18.4. The number of carbonyl (C=O) groups excluding carboxylic acids is 1. The van der Waals surface area contributed by atoms with Crippen molar-refractivity contribution in [3.8, 4) is 0 Å². The highest BCUT2D eigenvalue weighted by Gasteiger charge is 2.28. The van der Waals surface area contributed by atoms with Crippen LogP contribution in [0.3, 0.4) is 0 Å². The van der Waals surface area contributed by atoms with E-state index < -0.39 is 0 Å². The number of rotatable bonds is 5. The van der Waals surface area contributed by atoms with E-state index in [1.165, 1.54) is 0 Å². The summed E-state index contributed by atoms with van der Waals surface area (Å²) in [5, 5.41) is 3.39. The van der Waals surface area contributed by atoms with E-state index >= 15 is 0 Å². The Morgan fingerprint density at radius 2 is 2.31 bits per heavy atom. The Morgan fingerprint density at radius 3 is 3.08 bits per heavy atom. The summed E-state index contributed by atoms with van der Waals surface area (Å²) in [5.74, 6) is 1.61. The lowest BCUT2D eigenvalue weighted by Gasteiger charge is -2.33. The Kier molecular flexibility index (Phi) is 6.09. The van der Waals surface area contributed by atoms with Crippen molar-refractivity contribution in [3.63, 3.8) is 0 Å². The molecule has 0 amide bonds. The molecule has 2 heterocycles. The molecule has 2 aromatic rings. The number of piperidine rings is 1. The summed E-state index contributed by atoms with van der Waals surface area (Å²) in [4.78, 5) is 26.5. The first-order valence-corrected chi connectivity index (χ1v) is 9.27. The number of benzene rings is 1. The fourth-order valence-electron chi connectivity index (χ4n) is 3.37. The van der Waals surface area contributed by atoms with Gasteiger partial charge >= 0.3 is 5.97 Å². The number of likely N-dealkylation sites (tertiary alicyclic amines) is 1. The van der Waals surface area contributed by atoms with Gasteiger partial charge in [-0.25, -0.2) is 4.98 Å². The smallest absolute Gasteiger partial charge is 0.310 e. The van der Waals surface area contributed by atoms with Crippen LogP contribution in [0, 0.1) is 5.92 Å². The van der Waals surface area contributed by atoms with Crippen LogP contribution >= 0.6 is 0 Å². The maximum atomic E-state index is 12.0. The number of imidazole rings is 1. The monoisotopic (exact) mass is 357 g/mol. The minimum absolute atomic E-state index is 0.0716. The molecular weight excluding hydrogens is 330 g/mol. The number of nitrogens with one attached hydrogen (secondary N) is 2. The van der Waals surface area contributed by atoms with E-state index in [2.05, 4.69) is 25.2 Å². The van der Waals surface area contributed by atoms with Crippen LogP contribution in [0.2, 0.25) is 0 Å². The number of aromatic amines is 1. The number of para-hydroxylation sites is 2. The van der Waals surface area contributed by atoms with Gasteiger partial charge in [-0.05, 0) is 31.9 Å². The number of aromatic nitrogens is 2. The Morgan fingerprint density at radius 1 is 1.46 bits per heavy atom. The lowest BCUT2D eigenvalue weighted by atomic mass is 9.98. The van der Waals surface area contributed by atoms with E-state index in [4.69, 9.17) is 4.74 Å². The standard InChI is InChI=1S/C19H27N5O2/c1-3-26-18(25)14-7-6-12-24(13-14)19(20-2)21-11-10-17-22-15-8-4-5-9-16(15)23-17/h4-5,8-9,14H,3,6-7,10-13H2,1-2H3,(H,20,21)(H,22,23). The highest BCUT2D eigenvalue weighted by atomic mass is 16.5. The molecule has 0 bridgehead atoms. The summed E-state index contributed by atoms with van der Waals surface area (Å²) in [7, 11) is 1.78. The summed E-state index contributed by atoms with van der Waals surface area (Å²) >= 11 is 0. The van der Waals surface area contributed by atoms with Crippen molar-refractivity contribution in [2.24, 2.45) is 10.9 Å². The maximum absolute atomic E-state index is 12.0. The topological polar surface area (TPSA) is 82.6 Å². The van der Waals surface area contributed by atoms with E-state index in [1.54, 1.807) is 7.05 Å². The number of aliphatic imine (C=N–C) groups is 1. The molecule has 0 aliphatic carbocycles. The quantitative estimate of drug-likeness (QED) is 0.486. The lowest BCUT2D eigenvalue weighted by Crippen LogP contribution is -2.48.